The van der Waals surface area contributed by atoms with Crippen molar-refractivity contribution >= 4 is 23.0 Å². The number of thiocarbonyl (C=S) groups is 1. The second-order valence-electron chi connectivity index (χ2n) is 5.02. The van der Waals surface area contributed by atoms with Crippen LogP contribution >= 0.6 is 12.2 Å². The van der Waals surface area contributed by atoms with Gasteiger partial charge in [0.05, 0.1) is 0 Å². The van der Waals surface area contributed by atoms with E-state index in [1.54, 1.807) is 6.20 Å². The van der Waals surface area contributed by atoms with Crippen LogP contribution < -0.4 is 10.6 Å². The lowest BCUT2D eigenvalue weighted by molar-refractivity contribution is 0.549. The van der Waals surface area contributed by atoms with E-state index < -0.39 is 0 Å². The SMILES string of the molecule is CN(c1cc(C(N)=S)ccn1)C1CCCCCC1. The standard InChI is InChI=1S/C14H21N3S/c1-17(12-6-4-2-3-5-7-12)13-10-11(14(15)18)8-9-16-13/h8-10,12H,2-7H2,1H3,(H2,15,18). The predicted molar refractivity (Wildman–Crippen MR) is 80.0 cm³/mol. The molecule has 4 heteroatoms. The normalized spacial score (nSPS) is 17.2. The van der Waals surface area contributed by atoms with Crippen molar-refractivity contribution in [3.8, 4) is 0 Å². The molecule has 0 saturated heterocycles. The molecule has 1 fully saturated rings. The van der Waals surface area contributed by atoms with Crippen LogP contribution in [-0.2, 0) is 0 Å². The van der Waals surface area contributed by atoms with Gasteiger partial charge in [0.15, 0.2) is 0 Å². The maximum Gasteiger partial charge on any atom is 0.129 e. The van der Waals surface area contributed by atoms with Gasteiger partial charge in [-0.05, 0) is 25.0 Å². The average molecular weight is 263 g/mol. The Morgan fingerprint density at radius 2 is 2.00 bits per heavy atom. The molecule has 18 heavy (non-hydrogen) atoms. The van der Waals surface area contributed by atoms with E-state index in [0.29, 0.717) is 11.0 Å². The molecular formula is C14H21N3S. The van der Waals surface area contributed by atoms with Crippen LogP contribution in [0.1, 0.15) is 44.1 Å². The van der Waals surface area contributed by atoms with E-state index >= 15 is 0 Å². The highest BCUT2D eigenvalue weighted by Crippen LogP contribution is 2.24. The Balaban J connectivity index is 2.13. The van der Waals surface area contributed by atoms with Crippen LogP contribution in [0.2, 0.25) is 0 Å². The molecule has 1 aromatic rings. The fourth-order valence-corrected chi connectivity index (χ4v) is 2.72. The highest BCUT2D eigenvalue weighted by Gasteiger charge is 2.18. The summed E-state index contributed by atoms with van der Waals surface area (Å²) < 4.78 is 0. The summed E-state index contributed by atoms with van der Waals surface area (Å²) in [6.45, 7) is 0. The molecule has 2 N–H and O–H groups in total. The Morgan fingerprint density at radius 3 is 2.61 bits per heavy atom. The Kier molecular flexibility index (Phi) is 4.53. The molecule has 0 radical (unpaired) electrons. The molecule has 98 valence electrons. The summed E-state index contributed by atoms with van der Waals surface area (Å²) in [5, 5.41) is 0. The van der Waals surface area contributed by atoms with Gasteiger partial charge in [-0.15, -0.1) is 0 Å². The van der Waals surface area contributed by atoms with E-state index in [4.69, 9.17) is 18.0 Å². The van der Waals surface area contributed by atoms with Gasteiger partial charge in [0.25, 0.3) is 0 Å². The fraction of sp³-hybridized carbons (Fsp3) is 0.571. The largest absolute Gasteiger partial charge is 0.389 e. The first-order chi connectivity index (χ1) is 8.68. The first kappa shape index (κ1) is 13.3. The van der Waals surface area contributed by atoms with Crippen molar-refractivity contribution in [1.82, 2.24) is 4.98 Å². The number of hydrogen-bond donors (Lipinski definition) is 1. The lowest BCUT2D eigenvalue weighted by Crippen LogP contribution is -2.32. The lowest BCUT2D eigenvalue weighted by Gasteiger charge is -2.28. The summed E-state index contributed by atoms with van der Waals surface area (Å²) in [7, 11) is 2.13. The number of pyridine rings is 1. The molecule has 3 nitrogen and oxygen atoms in total. The van der Waals surface area contributed by atoms with E-state index in [2.05, 4.69) is 16.9 Å². The van der Waals surface area contributed by atoms with Gasteiger partial charge >= 0.3 is 0 Å². The molecule has 1 aliphatic rings. The molecule has 1 saturated carbocycles. The molecule has 0 unspecified atom stereocenters. The monoisotopic (exact) mass is 263 g/mol. The molecule has 0 bridgehead atoms. The van der Waals surface area contributed by atoms with Crippen molar-refractivity contribution in [3.63, 3.8) is 0 Å². The van der Waals surface area contributed by atoms with Gasteiger partial charge in [0.1, 0.15) is 10.8 Å². The number of aromatic nitrogens is 1. The molecule has 0 atom stereocenters. The average Bonchev–Trinajstić information content (AvgIpc) is 2.67. The van der Waals surface area contributed by atoms with Gasteiger partial charge in [-0.2, -0.15) is 0 Å². The summed E-state index contributed by atoms with van der Waals surface area (Å²) in [5.74, 6) is 0.979. The molecule has 1 aliphatic carbocycles. The maximum atomic E-state index is 5.67. The molecule has 0 aromatic carbocycles. The second kappa shape index (κ2) is 6.14. The van der Waals surface area contributed by atoms with Crippen molar-refractivity contribution in [2.24, 2.45) is 5.73 Å². The Bertz CT molecular complexity index is 411. The van der Waals surface area contributed by atoms with Gasteiger partial charge in [-0.1, -0.05) is 37.9 Å². The molecule has 0 spiro atoms. The van der Waals surface area contributed by atoms with E-state index in [1.807, 2.05) is 12.1 Å². The van der Waals surface area contributed by atoms with Crippen molar-refractivity contribution in [3.05, 3.63) is 23.9 Å². The topological polar surface area (TPSA) is 42.1 Å². The summed E-state index contributed by atoms with van der Waals surface area (Å²) in [6, 6.07) is 4.46. The van der Waals surface area contributed by atoms with Crippen molar-refractivity contribution < 1.29 is 0 Å². The number of hydrogen-bond acceptors (Lipinski definition) is 3. The highest BCUT2D eigenvalue weighted by atomic mass is 32.1. The first-order valence-electron chi connectivity index (χ1n) is 6.67. The molecule has 1 aromatic heterocycles. The number of nitrogens with zero attached hydrogens (tertiary/aromatic N) is 2. The van der Waals surface area contributed by atoms with E-state index in [0.717, 1.165) is 11.4 Å². The second-order valence-corrected chi connectivity index (χ2v) is 5.46. The quantitative estimate of drug-likeness (QED) is 0.672. The zero-order chi connectivity index (χ0) is 13.0. The summed E-state index contributed by atoms with van der Waals surface area (Å²) in [4.78, 5) is 7.16. The minimum atomic E-state index is 0.438. The Labute approximate surface area is 114 Å². The van der Waals surface area contributed by atoms with Crippen LogP contribution in [-0.4, -0.2) is 23.1 Å². The molecule has 2 rings (SSSR count). The van der Waals surface area contributed by atoms with Gasteiger partial charge in [-0.25, -0.2) is 4.98 Å². The first-order valence-corrected chi connectivity index (χ1v) is 7.08. The summed E-state index contributed by atoms with van der Waals surface area (Å²) in [6.07, 6.45) is 9.69. The van der Waals surface area contributed by atoms with E-state index in [9.17, 15) is 0 Å². The Hall–Kier alpha value is -1.16. The Morgan fingerprint density at radius 1 is 1.33 bits per heavy atom. The van der Waals surface area contributed by atoms with Crippen LogP contribution in [0.15, 0.2) is 18.3 Å². The molecule has 0 amide bonds. The number of nitrogens with two attached hydrogens (primary N) is 1. The van der Waals surface area contributed by atoms with Crippen LogP contribution in [0, 0.1) is 0 Å². The van der Waals surface area contributed by atoms with Crippen LogP contribution in [0.3, 0.4) is 0 Å². The molecule has 1 heterocycles. The van der Waals surface area contributed by atoms with Gasteiger partial charge in [0, 0.05) is 24.8 Å². The minimum absolute atomic E-state index is 0.438. The van der Waals surface area contributed by atoms with Crippen LogP contribution in [0.5, 0.6) is 0 Å². The van der Waals surface area contributed by atoms with Gasteiger partial charge in [0.2, 0.25) is 0 Å². The lowest BCUT2D eigenvalue weighted by atomic mass is 10.1. The van der Waals surface area contributed by atoms with E-state index in [1.165, 1.54) is 38.5 Å². The van der Waals surface area contributed by atoms with Crippen molar-refractivity contribution in [2.45, 2.75) is 44.6 Å². The van der Waals surface area contributed by atoms with Gasteiger partial charge < -0.3 is 10.6 Å². The molecule has 0 aliphatic heterocycles. The van der Waals surface area contributed by atoms with Gasteiger partial charge in [-0.3, -0.25) is 0 Å². The third-order valence-electron chi connectivity index (χ3n) is 3.76. The summed E-state index contributed by atoms with van der Waals surface area (Å²) in [5.41, 5.74) is 6.57. The zero-order valence-corrected chi connectivity index (χ0v) is 11.7. The van der Waals surface area contributed by atoms with Crippen LogP contribution in [0.4, 0.5) is 5.82 Å². The van der Waals surface area contributed by atoms with Crippen molar-refractivity contribution in [2.75, 3.05) is 11.9 Å². The van der Waals surface area contributed by atoms with E-state index in [-0.39, 0.29) is 0 Å². The molecular weight excluding hydrogens is 242 g/mol. The van der Waals surface area contributed by atoms with Crippen LogP contribution in [0.25, 0.3) is 0 Å². The number of anilines is 1. The number of rotatable bonds is 3. The van der Waals surface area contributed by atoms with Crippen molar-refractivity contribution in [1.29, 1.82) is 0 Å². The fourth-order valence-electron chi connectivity index (χ4n) is 2.60. The highest BCUT2D eigenvalue weighted by molar-refractivity contribution is 7.80. The third-order valence-corrected chi connectivity index (χ3v) is 4.00. The maximum absolute atomic E-state index is 5.67. The third kappa shape index (κ3) is 3.19. The minimum Gasteiger partial charge on any atom is -0.389 e. The summed E-state index contributed by atoms with van der Waals surface area (Å²) >= 11 is 5.02. The smallest absolute Gasteiger partial charge is 0.129 e. The predicted octanol–water partition coefficient (Wildman–Crippen LogP) is 2.87. The zero-order valence-electron chi connectivity index (χ0n) is 10.9.